The van der Waals surface area contributed by atoms with Crippen LogP contribution in [0.1, 0.15) is 11.1 Å². The van der Waals surface area contributed by atoms with Gasteiger partial charge in [-0.05, 0) is 11.1 Å². The Balaban J connectivity index is 3.19. The van der Waals surface area contributed by atoms with Crippen LogP contribution in [0.15, 0.2) is 24.3 Å². The fraction of sp³-hybridized carbons (Fsp3) is 0.400. The number of rotatable bonds is 3. The molecule has 8 heteroatoms. The molecule has 0 fully saturated rings. The Hall–Kier alpha value is 1.21. The zero-order valence-electron chi connectivity index (χ0n) is 8.61. The van der Waals surface area contributed by atoms with Crippen molar-refractivity contribution in [2.45, 2.75) is 19.1 Å². The lowest BCUT2D eigenvalue weighted by atomic mass is 10.1. The molecule has 1 nitrogen and oxygen atoms in total. The highest BCUT2D eigenvalue weighted by Crippen LogP contribution is 2.60. The molecule has 0 amide bonds. The molecule has 0 unspecified atom stereocenters. The van der Waals surface area contributed by atoms with Crippen LogP contribution in [0.5, 0.6) is 0 Å². The molecule has 102 valence electrons. The number of aliphatic hydroxyl groups excluding tert-OH is 1. The summed E-state index contributed by atoms with van der Waals surface area (Å²) in [4.78, 5) is 0. The Morgan fingerprint density at radius 3 is 1.61 bits per heavy atom. The summed E-state index contributed by atoms with van der Waals surface area (Å²) in [6.07, 6.45) is 0. The molecule has 1 aromatic carbocycles. The molecule has 0 saturated heterocycles. The lowest BCUT2D eigenvalue weighted by molar-refractivity contribution is 0.282. The van der Waals surface area contributed by atoms with E-state index in [1.807, 2.05) is 0 Å². The molecule has 0 saturated carbocycles. The van der Waals surface area contributed by atoms with Gasteiger partial charge in [0.2, 0.25) is 8.13 Å². The Morgan fingerprint density at radius 2 is 1.28 bits per heavy atom. The van der Waals surface area contributed by atoms with Gasteiger partial charge < -0.3 is 5.11 Å². The third-order valence-electron chi connectivity index (χ3n) is 2.25. The Morgan fingerprint density at radius 1 is 0.833 bits per heavy atom. The predicted molar refractivity (Wildman–Crippen MR) is 80.5 cm³/mol. The van der Waals surface area contributed by atoms with Gasteiger partial charge in [0.15, 0.2) is 4.33 Å². The van der Waals surface area contributed by atoms with Crippen LogP contribution >= 0.6 is 81.2 Å². The first kappa shape index (κ1) is 17.3. The molecule has 0 aliphatic rings. The van der Waals surface area contributed by atoms with E-state index in [0.29, 0.717) is 11.1 Å². The van der Waals surface area contributed by atoms with Gasteiger partial charge in [-0.1, -0.05) is 105 Å². The Kier molecular flexibility index (Phi) is 5.67. The minimum absolute atomic E-state index is 0.116. The average Bonchev–Trinajstić information content (AvgIpc) is 2.27. The maximum atomic E-state index is 8.94. The van der Waals surface area contributed by atoms with Crippen molar-refractivity contribution < 1.29 is 5.11 Å². The molecule has 1 N–H and O–H groups in total. The number of halogens is 7. The molecule has 18 heavy (non-hydrogen) atoms. The molecule has 0 heterocycles. The largest absolute Gasteiger partial charge is 0.392 e. The zero-order valence-corrected chi connectivity index (χ0v) is 13.9. The van der Waals surface area contributed by atoms with Gasteiger partial charge in [-0.3, -0.25) is 0 Å². The van der Waals surface area contributed by atoms with Crippen molar-refractivity contribution in [2.75, 3.05) is 0 Å². The SMILES string of the molecule is OCc1ccc(C(Cl)(Cl)C(Cl)(Cl)C(Cl)(Cl)Cl)cc1. The van der Waals surface area contributed by atoms with Crippen molar-refractivity contribution in [2.24, 2.45) is 0 Å². The van der Waals surface area contributed by atoms with E-state index in [1.54, 1.807) is 24.3 Å². The number of hydrogen-bond donors (Lipinski definition) is 1. The van der Waals surface area contributed by atoms with Crippen LogP contribution in [-0.2, 0) is 10.9 Å². The normalized spacial score (nSPS) is 13.8. The molecule has 1 rings (SSSR count). The molecule has 0 atom stereocenters. The highest BCUT2D eigenvalue weighted by Gasteiger charge is 2.60. The van der Waals surface area contributed by atoms with Crippen LogP contribution < -0.4 is 0 Å². The summed E-state index contributed by atoms with van der Waals surface area (Å²) < 4.78 is -5.99. The van der Waals surface area contributed by atoms with Gasteiger partial charge in [-0.2, -0.15) is 0 Å². The first-order valence-electron chi connectivity index (χ1n) is 4.56. The minimum Gasteiger partial charge on any atom is -0.392 e. The van der Waals surface area contributed by atoms with Crippen molar-refractivity contribution in [3.8, 4) is 0 Å². The van der Waals surface area contributed by atoms with Crippen LogP contribution in [0.4, 0.5) is 0 Å². The summed E-state index contributed by atoms with van der Waals surface area (Å²) in [5.41, 5.74) is 1.02. The van der Waals surface area contributed by atoms with E-state index in [9.17, 15) is 0 Å². The summed E-state index contributed by atoms with van der Waals surface area (Å²) in [5, 5.41) is 8.94. The Bertz CT molecular complexity index is 407. The lowest BCUT2D eigenvalue weighted by Gasteiger charge is -2.37. The first-order chi connectivity index (χ1) is 8.04. The monoisotopic (exact) mass is 388 g/mol. The van der Waals surface area contributed by atoms with Crippen molar-refractivity contribution in [3.63, 3.8) is 0 Å². The van der Waals surface area contributed by atoms with Crippen molar-refractivity contribution in [3.05, 3.63) is 35.4 Å². The lowest BCUT2D eigenvalue weighted by Crippen LogP contribution is -2.45. The maximum absolute atomic E-state index is 8.94. The highest BCUT2D eigenvalue weighted by atomic mass is 35.6. The van der Waals surface area contributed by atoms with Gasteiger partial charge in [0.1, 0.15) is 0 Å². The van der Waals surface area contributed by atoms with Crippen LogP contribution in [0, 0.1) is 0 Å². The molecule has 0 bridgehead atoms. The summed E-state index contributed by atoms with van der Waals surface area (Å²) in [6.45, 7) is -0.116. The molecule has 0 spiro atoms. The second kappa shape index (κ2) is 5.91. The Labute approximate surface area is 140 Å². The minimum atomic E-state index is -2.09. The average molecular weight is 391 g/mol. The molecule has 0 aliphatic heterocycles. The van der Waals surface area contributed by atoms with Gasteiger partial charge in [0, 0.05) is 0 Å². The summed E-state index contributed by atoms with van der Waals surface area (Å²) in [5.74, 6) is 0. The summed E-state index contributed by atoms with van der Waals surface area (Å²) in [6, 6.07) is 6.30. The quantitative estimate of drug-likeness (QED) is 0.689. The molecule has 1 aromatic rings. The number of alkyl halides is 7. The topological polar surface area (TPSA) is 20.2 Å². The van der Waals surface area contributed by atoms with E-state index in [0.717, 1.165) is 0 Å². The molecular formula is C10H7Cl7O. The molecule has 0 radical (unpaired) electrons. The van der Waals surface area contributed by atoms with Crippen LogP contribution in [0.25, 0.3) is 0 Å². The van der Waals surface area contributed by atoms with E-state index in [1.165, 1.54) is 0 Å². The predicted octanol–water partition coefficient (Wildman–Crippen LogP) is 5.35. The van der Waals surface area contributed by atoms with Gasteiger partial charge >= 0.3 is 0 Å². The van der Waals surface area contributed by atoms with Crippen molar-refractivity contribution in [1.29, 1.82) is 0 Å². The van der Waals surface area contributed by atoms with Crippen molar-refractivity contribution in [1.82, 2.24) is 0 Å². The van der Waals surface area contributed by atoms with Crippen LogP contribution in [-0.4, -0.2) is 13.2 Å². The standard InChI is InChI=1S/C10H7Cl7O/c11-8(12,9(13,14)10(15,16)17)7-3-1-6(5-18)2-4-7/h1-4,18H,5H2. The van der Waals surface area contributed by atoms with Crippen molar-refractivity contribution >= 4 is 81.2 Å². The summed E-state index contributed by atoms with van der Waals surface area (Å²) >= 11 is 41.2. The zero-order chi connectivity index (χ0) is 14.2. The third kappa shape index (κ3) is 3.27. The second-order valence-electron chi connectivity index (χ2n) is 3.50. The van der Waals surface area contributed by atoms with E-state index in [-0.39, 0.29) is 6.61 Å². The van der Waals surface area contributed by atoms with Gasteiger partial charge in [0.25, 0.3) is 0 Å². The third-order valence-corrected chi connectivity index (χ3v) is 6.20. The van der Waals surface area contributed by atoms with Gasteiger partial charge in [-0.25, -0.2) is 0 Å². The number of hydrogen-bond acceptors (Lipinski definition) is 1. The molecular weight excluding hydrogens is 384 g/mol. The smallest absolute Gasteiger partial charge is 0.226 e. The van der Waals surface area contributed by atoms with E-state index in [2.05, 4.69) is 0 Å². The summed E-state index contributed by atoms with van der Waals surface area (Å²) in [7, 11) is 0. The fourth-order valence-corrected chi connectivity index (χ4v) is 2.65. The maximum Gasteiger partial charge on any atom is 0.226 e. The van der Waals surface area contributed by atoms with Gasteiger partial charge in [-0.15, -0.1) is 0 Å². The van der Waals surface area contributed by atoms with Crippen LogP contribution in [0.2, 0.25) is 0 Å². The second-order valence-corrected chi connectivity index (χ2v) is 8.44. The van der Waals surface area contributed by atoms with Crippen LogP contribution in [0.3, 0.4) is 0 Å². The highest BCUT2D eigenvalue weighted by molar-refractivity contribution is 6.78. The van der Waals surface area contributed by atoms with E-state index in [4.69, 9.17) is 86.3 Å². The molecule has 0 aromatic heterocycles. The van der Waals surface area contributed by atoms with E-state index >= 15 is 0 Å². The van der Waals surface area contributed by atoms with Gasteiger partial charge in [0.05, 0.1) is 6.61 Å². The first-order valence-corrected chi connectivity index (χ1v) is 7.21. The molecule has 0 aliphatic carbocycles. The van der Waals surface area contributed by atoms with E-state index < -0.39 is 12.5 Å². The fourth-order valence-electron chi connectivity index (χ4n) is 1.18. The number of benzene rings is 1. The number of aliphatic hydroxyl groups is 1.